The van der Waals surface area contributed by atoms with Gasteiger partial charge in [0.05, 0.1) is 6.07 Å². The highest BCUT2D eigenvalue weighted by molar-refractivity contribution is 5.22. The highest BCUT2D eigenvalue weighted by Crippen LogP contribution is 2.23. The zero-order valence-electron chi connectivity index (χ0n) is 10.4. The zero-order valence-corrected chi connectivity index (χ0v) is 10.4. The van der Waals surface area contributed by atoms with Crippen molar-refractivity contribution in [2.75, 3.05) is 0 Å². The summed E-state index contributed by atoms with van der Waals surface area (Å²) < 4.78 is 0. The van der Waals surface area contributed by atoms with Crippen LogP contribution in [0.4, 0.5) is 0 Å². The first-order chi connectivity index (χ1) is 8.28. The average Bonchev–Trinajstić information content (AvgIpc) is 2.37. The Morgan fingerprint density at radius 2 is 2.06 bits per heavy atom. The molecule has 0 atom stereocenters. The Kier molecular flexibility index (Phi) is 4.17. The number of nitriles is 1. The molecule has 1 aromatic carbocycles. The third kappa shape index (κ3) is 3.57. The Balaban J connectivity index is 1.78. The van der Waals surface area contributed by atoms with Crippen molar-refractivity contribution in [2.24, 2.45) is 5.92 Å². The maximum atomic E-state index is 8.85. The number of hydrogen-bond acceptors (Lipinski definition) is 2. The Hall–Kier alpha value is -1.33. The maximum absolute atomic E-state index is 8.85. The van der Waals surface area contributed by atoms with Crippen molar-refractivity contribution in [3.8, 4) is 6.07 Å². The Morgan fingerprint density at radius 3 is 2.71 bits per heavy atom. The number of benzene rings is 1. The first-order valence-corrected chi connectivity index (χ1v) is 6.46. The summed E-state index contributed by atoms with van der Waals surface area (Å²) in [6, 6.07) is 11.6. The van der Waals surface area contributed by atoms with E-state index >= 15 is 0 Å². The molecule has 1 fully saturated rings. The van der Waals surface area contributed by atoms with Crippen LogP contribution in [0, 0.1) is 24.2 Å². The molecule has 0 unspecified atom stereocenters. The number of hydrogen-bond donors (Lipinski definition) is 1. The van der Waals surface area contributed by atoms with Crippen LogP contribution in [-0.4, -0.2) is 6.04 Å². The fourth-order valence-corrected chi connectivity index (χ4v) is 2.51. The molecule has 0 radical (unpaired) electrons. The molecule has 1 saturated carbocycles. The Morgan fingerprint density at radius 1 is 1.29 bits per heavy atom. The van der Waals surface area contributed by atoms with E-state index in [0.717, 1.165) is 32.2 Å². The van der Waals surface area contributed by atoms with Gasteiger partial charge in [-0.05, 0) is 38.2 Å². The van der Waals surface area contributed by atoms with E-state index in [4.69, 9.17) is 5.26 Å². The lowest BCUT2D eigenvalue weighted by atomic mass is 9.87. The van der Waals surface area contributed by atoms with E-state index in [0.29, 0.717) is 12.0 Å². The highest BCUT2D eigenvalue weighted by atomic mass is 14.9. The van der Waals surface area contributed by atoms with Crippen molar-refractivity contribution in [2.45, 2.75) is 45.2 Å². The van der Waals surface area contributed by atoms with Crippen molar-refractivity contribution < 1.29 is 0 Å². The second kappa shape index (κ2) is 5.84. The minimum absolute atomic E-state index is 0.298. The molecular weight excluding hydrogens is 208 g/mol. The van der Waals surface area contributed by atoms with E-state index < -0.39 is 0 Å². The van der Waals surface area contributed by atoms with Crippen LogP contribution in [0.2, 0.25) is 0 Å². The lowest BCUT2D eigenvalue weighted by Crippen LogP contribution is -2.32. The van der Waals surface area contributed by atoms with Crippen LogP contribution in [0.3, 0.4) is 0 Å². The molecule has 17 heavy (non-hydrogen) atoms. The third-order valence-electron chi connectivity index (χ3n) is 3.59. The van der Waals surface area contributed by atoms with Crippen LogP contribution in [0.1, 0.15) is 36.8 Å². The topological polar surface area (TPSA) is 35.8 Å². The van der Waals surface area contributed by atoms with Crippen molar-refractivity contribution in [3.05, 3.63) is 35.4 Å². The monoisotopic (exact) mass is 228 g/mol. The van der Waals surface area contributed by atoms with Crippen LogP contribution in [-0.2, 0) is 6.54 Å². The molecular formula is C15H20N2. The summed E-state index contributed by atoms with van der Waals surface area (Å²) in [5.74, 6) is 0.298. The van der Waals surface area contributed by atoms with Crippen LogP contribution >= 0.6 is 0 Å². The average molecular weight is 228 g/mol. The Bertz CT molecular complexity index is 398. The smallest absolute Gasteiger partial charge is 0.0655 e. The first kappa shape index (κ1) is 12.1. The highest BCUT2D eigenvalue weighted by Gasteiger charge is 2.19. The minimum Gasteiger partial charge on any atom is -0.310 e. The largest absolute Gasteiger partial charge is 0.310 e. The van der Waals surface area contributed by atoms with Crippen molar-refractivity contribution in [1.29, 1.82) is 5.26 Å². The van der Waals surface area contributed by atoms with E-state index in [1.165, 1.54) is 11.1 Å². The van der Waals surface area contributed by atoms with Gasteiger partial charge < -0.3 is 5.32 Å². The van der Waals surface area contributed by atoms with Crippen molar-refractivity contribution in [3.63, 3.8) is 0 Å². The van der Waals surface area contributed by atoms with Gasteiger partial charge in [0.15, 0.2) is 0 Å². The van der Waals surface area contributed by atoms with Crippen LogP contribution < -0.4 is 5.32 Å². The Labute approximate surface area is 104 Å². The second-order valence-corrected chi connectivity index (χ2v) is 5.05. The van der Waals surface area contributed by atoms with Gasteiger partial charge in [-0.2, -0.15) is 5.26 Å². The molecule has 2 rings (SSSR count). The summed E-state index contributed by atoms with van der Waals surface area (Å²) in [6.07, 6.45) is 4.40. The summed E-state index contributed by atoms with van der Waals surface area (Å²) >= 11 is 0. The molecule has 0 spiro atoms. The van der Waals surface area contributed by atoms with Gasteiger partial charge in [0, 0.05) is 18.5 Å². The van der Waals surface area contributed by atoms with Gasteiger partial charge >= 0.3 is 0 Å². The van der Waals surface area contributed by atoms with E-state index in [-0.39, 0.29) is 0 Å². The lowest BCUT2D eigenvalue weighted by molar-refractivity contribution is 0.331. The van der Waals surface area contributed by atoms with Gasteiger partial charge in [-0.25, -0.2) is 0 Å². The van der Waals surface area contributed by atoms with E-state index in [2.05, 4.69) is 42.6 Å². The van der Waals surface area contributed by atoms with Gasteiger partial charge in [0.2, 0.25) is 0 Å². The van der Waals surface area contributed by atoms with Crippen LogP contribution in [0.25, 0.3) is 0 Å². The molecule has 2 nitrogen and oxygen atoms in total. The van der Waals surface area contributed by atoms with E-state index in [9.17, 15) is 0 Å². The van der Waals surface area contributed by atoms with Gasteiger partial charge in [0.1, 0.15) is 0 Å². The van der Waals surface area contributed by atoms with Crippen molar-refractivity contribution >= 4 is 0 Å². The standard InChI is InChI=1S/C15H20N2/c1-12-3-2-4-14(9-12)11-17-15-7-5-13(10-16)6-8-15/h2-4,9,13,15,17H,5-8,11H2,1H3. The molecule has 2 heteroatoms. The molecule has 1 aromatic rings. The molecule has 0 amide bonds. The third-order valence-corrected chi connectivity index (χ3v) is 3.59. The minimum atomic E-state index is 0.298. The van der Waals surface area contributed by atoms with Gasteiger partial charge in [-0.1, -0.05) is 29.8 Å². The first-order valence-electron chi connectivity index (χ1n) is 6.46. The number of nitrogens with one attached hydrogen (secondary N) is 1. The second-order valence-electron chi connectivity index (χ2n) is 5.05. The molecule has 90 valence electrons. The summed E-state index contributed by atoms with van der Waals surface area (Å²) in [6.45, 7) is 3.07. The summed E-state index contributed by atoms with van der Waals surface area (Å²) in [4.78, 5) is 0. The fraction of sp³-hybridized carbons (Fsp3) is 0.533. The van der Waals surface area contributed by atoms with Gasteiger partial charge in [-0.15, -0.1) is 0 Å². The molecule has 0 saturated heterocycles. The molecule has 0 bridgehead atoms. The van der Waals surface area contributed by atoms with Crippen LogP contribution in [0.15, 0.2) is 24.3 Å². The maximum Gasteiger partial charge on any atom is 0.0655 e. The summed E-state index contributed by atoms with van der Waals surface area (Å²) in [5.41, 5.74) is 2.67. The summed E-state index contributed by atoms with van der Waals surface area (Å²) in [5, 5.41) is 12.4. The number of aryl methyl sites for hydroxylation is 1. The van der Waals surface area contributed by atoms with E-state index in [1.54, 1.807) is 0 Å². The quantitative estimate of drug-likeness (QED) is 0.862. The lowest BCUT2D eigenvalue weighted by Gasteiger charge is -2.25. The number of nitrogens with zero attached hydrogens (tertiary/aromatic N) is 1. The molecule has 0 aromatic heterocycles. The fourth-order valence-electron chi connectivity index (χ4n) is 2.51. The van der Waals surface area contributed by atoms with Gasteiger partial charge in [-0.3, -0.25) is 0 Å². The van der Waals surface area contributed by atoms with Crippen molar-refractivity contribution in [1.82, 2.24) is 5.32 Å². The normalized spacial score (nSPS) is 24.2. The SMILES string of the molecule is Cc1cccc(CNC2CCC(C#N)CC2)c1. The van der Waals surface area contributed by atoms with Gasteiger partial charge in [0.25, 0.3) is 0 Å². The summed E-state index contributed by atoms with van der Waals surface area (Å²) in [7, 11) is 0. The molecule has 0 aliphatic heterocycles. The number of rotatable bonds is 3. The van der Waals surface area contributed by atoms with E-state index in [1.807, 2.05) is 0 Å². The predicted octanol–water partition coefficient (Wildman–Crippen LogP) is 3.17. The molecule has 1 aliphatic carbocycles. The predicted molar refractivity (Wildman–Crippen MR) is 69.4 cm³/mol. The zero-order chi connectivity index (χ0) is 12.1. The molecule has 0 heterocycles. The molecule has 1 aliphatic rings. The van der Waals surface area contributed by atoms with Crippen LogP contribution in [0.5, 0.6) is 0 Å². The molecule has 1 N–H and O–H groups in total.